The fourth-order valence-electron chi connectivity index (χ4n) is 8.05. The van der Waals surface area contributed by atoms with Crippen LogP contribution in [0.15, 0.2) is 109 Å². The van der Waals surface area contributed by atoms with E-state index in [0.717, 1.165) is 59.4 Å². The molecule has 3 fully saturated rings. The molecule has 0 saturated carbocycles. The molecule has 4 aromatic rings. The molecule has 0 radical (unpaired) electrons. The average Bonchev–Trinajstić information content (AvgIpc) is 3.53. The summed E-state index contributed by atoms with van der Waals surface area (Å²) in [6.45, 7) is 6.63. The van der Waals surface area contributed by atoms with Crippen LogP contribution in [-0.4, -0.2) is 71.7 Å². The Morgan fingerprint density at radius 1 is 0.855 bits per heavy atom. The number of piperidine rings is 1. The number of anilines is 1. The third-order valence-electron chi connectivity index (χ3n) is 11.4. The molecule has 11 heteroatoms. The van der Waals surface area contributed by atoms with Crippen molar-refractivity contribution in [3.05, 3.63) is 137 Å². The smallest absolute Gasteiger partial charge is 0.315 e. The summed E-state index contributed by atoms with van der Waals surface area (Å²) >= 11 is 0. The molecule has 1 spiro atoms. The highest BCUT2D eigenvalue weighted by Gasteiger charge is 2.51. The number of carbonyl (C=O) groups excluding carboxylic acids is 3. The molecule has 3 aliphatic heterocycles. The Kier molecular flexibility index (Phi) is 11.9. The summed E-state index contributed by atoms with van der Waals surface area (Å²) in [5, 5.41) is 18.5. The van der Waals surface area contributed by atoms with Gasteiger partial charge < -0.3 is 40.3 Å². The van der Waals surface area contributed by atoms with Crippen molar-refractivity contribution in [1.82, 2.24) is 20.9 Å². The lowest BCUT2D eigenvalue weighted by atomic mass is 9.84. The highest BCUT2D eigenvalue weighted by Crippen LogP contribution is 2.43. The number of Topliss-reactive ketones (excluding diaryl/α,β-unsaturated/α-hetero) is 1. The van der Waals surface area contributed by atoms with Gasteiger partial charge in [-0.15, -0.1) is 0 Å². The van der Waals surface area contributed by atoms with Crippen LogP contribution in [0.25, 0.3) is 0 Å². The summed E-state index contributed by atoms with van der Waals surface area (Å²) in [5.41, 5.74) is 5.08. The van der Waals surface area contributed by atoms with Crippen molar-refractivity contribution >= 4 is 23.4 Å². The van der Waals surface area contributed by atoms with Gasteiger partial charge in [-0.2, -0.15) is 0 Å². The minimum Gasteiger partial charge on any atom is -0.392 e. The zero-order valence-electron chi connectivity index (χ0n) is 31.5. The van der Waals surface area contributed by atoms with Gasteiger partial charge in [0.05, 0.1) is 31.5 Å². The lowest BCUT2D eigenvalue weighted by Crippen LogP contribution is -2.57. The molecule has 3 amide bonds. The first-order chi connectivity index (χ1) is 26.7. The van der Waals surface area contributed by atoms with E-state index >= 15 is 0 Å². The average molecular weight is 746 g/mol. The number of likely N-dealkylation sites (tertiary alicyclic amines) is 1. The zero-order valence-corrected chi connectivity index (χ0v) is 31.5. The van der Waals surface area contributed by atoms with Gasteiger partial charge in [0.1, 0.15) is 5.54 Å². The summed E-state index contributed by atoms with van der Waals surface area (Å²) < 4.78 is 13.5. The largest absolute Gasteiger partial charge is 0.392 e. The van der Waals surface area contributed by atoms with E-state index in [4.69, 9.17) is 9.47 Å². The molecule has 288 valence electrons. The lowest BCUT2D eigenvalue weighted by Gasteiger charge is -2.46. The predicted octanol–water partition coefficient (Wildman–Crippen LogP) is 5.40. The number of hydrogen-bond donors (Lipinski definition) is 4. The van der Waals surface area contributed by atoms with Gasteiger partial charge in [-0.05, 0) is 60.6 Å². The predicted molar refractivity (Wildman–Crippen MR) is 210 cm³/mol. The van der Waals surface area contributed by atoms with Gasteiger partial charge in [-0.3, -0.25) is 9.59 Å². The summed E-state index contributed by atoms with van der Waals surface area (Å²) in [4.78, 5) is 43.0. The fraction of sp³-hybridized carbons (Fsp3) is 0.386. The maximum Gasteiger partial charge on any atom is 0.315 e. The molecule has 3 aliphatic rings. The number of rotatable bonds is 12. The monoisotopic (exact) mass is 745 g/mol. The van der Waals surface area contributed by atoms with Crippen molar-refractivity contribution in [1.29, 1.82) is 0 Å². The number of nitrogens with one attached hydrogen (secondary N) is 3. The molecule has 55 heavy (non-hydrogen) atoms. The number of carbonyl (C=O) groups is 3. The Labute approximate surface area is 323 Å². The van der Waals surface area contributed by atoms with Crippen LogP contribution in [0.3, 0.4) is 0 Å². The van der Waals surface area contributed by atoms with E-state index < -0.39 is 23.9 Å². The van der Waals surface area contributed by atoms with E-state index in [1.54, 1.807) is 0 Å². The van der Waals surface area contributed by atoms with E-state index in [2.05, 4.69) is 44.8 Å². The normalized spacial score (nSPS) is 22.9. The van der Waals surface area contributed by atoms with Crippen LogP contribution >= 0.6 is 0 Å². The second-order valence-corrected chi connectivity index (χ2v) is 15.0. The number of para-hydroxylation sites is 1. The summed E-state index contributed by atoms with van der Waals surface area (Å²) in [7, 11) is 0. The molecule has 5 unspecified atom stereocenters. The van der Waals surface area contributed by atoms with Gasteiger partial charge in [-0.25, -0.2) is 4.79 Å². The van der Waals surface area contributed by atoms with E-state index in [1.165, 1.54) is 6.92 Å². The van der Waals surface area contributed by atoms with Crippen LogP contribution in [0.4, 0.5) is 10.5 Å². The van der Waals surface area contributed by atoms with Crippen LogP contribution in [0.5, 0.6) is 0 Å². The minimum absolute atomic E-state index is 0.0189. The summed E-state index contributed by atoms with van der Waals surface area (Å²) in [6, 6.07) is 34.5. The van der Waals surface area contributed by atoms with E-state index in [1.807, 2.05) is 97.1 Å². The highest BCUT2D eigenvalue weighted by atomic mass is 16.7. The highest BCUT2D eigenvalue weighted by molar-refractivity contribution is 5.93. The number of urea groups is 1. The van der Waals surface area contributed by atoms with Gasteiger partial charge >= 0.3 is 6.03 Å². The van der Waals surface area contributed by atoms with Gasteiger partial charge in [0.15, 0.2) is 12.1 Å². The molecule has 4 aromatic carbocycles. The topological polar surface area (TPSA) is 132 Å². The number of aliphatic hydroxyl groups excluding tert-OH is 1. The number of ketones is 1. The number of ether oxygens (including phenoxy) is 2. The molecule has 11 nitrogen and oxygen atoms in total. The quantitative estimate of drug-likeness (QED) is 0.152. The number of nitrogens with zero attached hydrogens (tertiary/aromatic N) is 2. The van der Waals surface area contributed by atoms with Crippen molar-refractivity contribution in [3.8, 4) is 0 Å². The Balaban J connectivity index is 1.01. The Morgan fingerprint density at radius 2 is 1.49 bits per heavy atom. The molecule has 0 aliphatic carbocycles. The molecular weight excluding hydrogens is 695 g/mol. The van der Waals surface area contributed by atoms with Gasteiger partial charge in [0.2, 0.25) is 5.91 Å². The number of hydrogen-bond acceptors (Lipinski definition) is 8. The van der Waals surface area contributed by atoms with Crippen molar-refractivity contribution in [2.75, 3.05) is 31.2 Å². The summed E-state index contributed by atoms with van der Waals surface area (Å²) in [6.07, 6.45) is 0.820. The molecule has 3 saturated heterocycles. The number of amides is 3. The minimum atomic E-state index is -0.631. The fourth-order valence-corrected chi connectivity index (χ4v) is 8.05. The maximum atomic E-state index is 13.3. The molecule has 0 aromatic heterocycles. The van der Waals surface area contributed by atoms with Crippen LogP contribution in [0.2, 0.25) is 0 Å². The summed E-state index contributed by atoms with van der Waals surface area (Å²) in [5.74, 6) is 0.0115. The van der Waals surface area contributed by atoms with Crippen LogP contribution in [0.1, 0.15) is 66.9 Å². The first-order valence-electron chi connectivity index (χ1n) is 19.2. The molecule has 7 rings (SSSR count). The van der Waals surface area contributed by atoms with E-state index in [0.29, 0.717) is 19.6 Å². The Hall–Kier alpha value is -5.07. The van der Waals surface area contributed by atoms with Crippen LogP contribution in [0, 0.1) is 5.92 Å². The second-order valence-electron chi connectivity index (χ2n) is 15.0. The Morgan fingerprint density at radius 3 is 2.15 bits per heavy atom. The van der Waals surface area contributed by atoms with Crippen LogP contribution < -0.4 is 20.9 Å². The van der Waals surface area contributed by atoms with Gasteiger partial charge in [0.25, 0.3) is 0 Å². The SMILES string of the molecule is CC(=O)C(Cc1ccccc1)NC(=O)NCc1ccc(C2OC(CN3CCC4(CC3)C(=O)NCN4c3ccccc3)C(C)C(c3ccc(CO)cc3)O2)cc1. The van der Waals surface area contributed by atoms with Crippen molar-refractivity contribution in [2.45, 2.75) is 76.3 Å². The maximum absolute atomic E-state index is 13.3. The molecule has 5 atom stereocenters. The first-order valence-corrected chi connectivity index (χ1v) is 19.2. The first kappa shape index (κ1) is 38.2. The molecule has 4 N–H and O–H groups in total. The number of aliphatic hydroxyl groups is 1. The molecule has 0 bridgehead atoms. The van der Waals surface area contributed by atoms with Crippen molar-refractivity contribution in [3.63, 3.8) is 0 Å². The Bertz CT molecular complexity index is 1900. The lowest BCUT2D eigenvalue weighted by molar-refractivity contribution is -0.276. The number of benzene rings is 4. The zero-order chi connectivity index (χ0) is 38.4. The third kappa shape index (κ3) is 8.76. The van der Waals surface area contributed by atoms with Crippen LogP contribution in [-0.2, 0) is 38.6 Å². The van der Waals surface area contributed by atoms with Crippen molar-refractivity contribution < 1.29 is 29.0 Å². The second kappa shape index (κ2) is 17.2. The third-order valence-corrected chi connectivity index (χ3v) is 11.4. The molecular formula is C44H51N5O6. The van der Waals surface area contributed by atoms with Gasteiger partial charge in [-0.1, -0.05) is 104 Å². The standard InChI is InChI=1S/C44H51N5O6/c1-30-39(27-48-23-21-44(22-24-48)42(52)46-29-49(44)37-11-7-4-8-12-37)54-41(55-40(30)35-17-15-34(28-50)16-18-35)36-19-13-33(14-20-36)26-45-43(53)47-38(31(2)51)25-32-9-5-3-6-10-32/h3-20,30,38-41,50H,21-29H2,1-2H3,(H,46,52)(H2,45,47,53). The van der Waals surface area contributed by atoms with Crippen molar-refractivity contribution in [2.24, 2.45) is 5.92 Å². The van der Waals surface area contributed by atoms with E-state index in [-0.39, 0.29) is 43.0 Å². The van der Waals surface area contributed by atoms with Gasteiger partial charge in [0, 0.05) is 43.3 Å². The molecule has 3 heterocycles. The van der Waals surface area contributed by atoms with E-state index in [9.17, 15) is 19.5 Å².